The molecule has 3 rings (SSSR count). The summed E-state index contributed by atoms with van der Waals surface area (Å²) in [7, 11) is 0. The van der Waals surface area contributed by atoms with E-state index in [1.807, 2.05) is 12.1 Å². The molecule has 2 aromatic carbocycles. The van der Waals surface area contributed by atoms with Gasteiger partial charge in [-0.25, -0.2) is 0 Å². The van der Waals surface area contributed by atoms with Gasteiger partial charge in [-0.1, -0.05) is 69.9 Å². The van der Waals surface area contributed by atoms with Crippen LogP contribution in [0.4, 0.5) is 0 Å². The lowest BCUT2D eigenvalue weighted by Gasteiger charge is -2.33. The van der Waals surface area contributed by atoms with Crippen LogP contribution in [0.25, 0.3) is 16.8 Å². The number of phenolic OH excluding ortho intramolecular Hbond substituents is 1. The van der Waals surface area contributed by atoms with E-state index in [4.69, 9.17) is 0 Å². The number of fused-ring (bicyclic) bond motifs is 1. The maximum absolute atomic E-state index is 9.33. The topological polar surface area (TPSA) is 20.2 Å². The maximum atomic E-state index is 9.33. The Kier molecular flexibility index (Phi) is 6.70. The van der Waals surface area contributed by atoms with E-state index in [-0.39, 0.29) is 0 Å². The van der Waals surface area contributed by atoms with Crippen LogP contribution in [0.15, 0.2) is 42.0 Å². The highest BCUT2D eigenvalue weighted by Crippen LogP contribution is 2.37. The second-order valence-electron chi connectivity index (χ2n) is 8.71. The average molecular weight is 339 g/mol. The Morgan fingerprint density at radius 1 is 0.920 bits per heavy atom. The van der Waals surface area contributed by atoms with Crippen molar-refractivity contribution in [3.8, 4) is 5.75 Å². The van der Waals surface area contributed by atoms with Crippen molar-refractivity contribution in [1.82, 2.24) is 0 Å². The van der Waals surface area contributed by atoms with Gasteiger partial charge in [0.2, 0.25) is 0 Å². The first kappa shape index (κ1) is 19.6. The lowest BCUT2D eigenvalue weighted by molar-refractivity contribution is 0.180. The number of hydrogen-bond donors (Lipinski definition) is 1. The van der Waals surface area contributed by atoms with Gasteiger partial charge in [0.05, 0.1) is 0 Å². The highest BCUT2D eigenvalue weighted by atomic mass is 16.3. The molecule has 1 saturated carbocycles. The summed E-state index contributed by atoms with van der Waals surface area (Å²) in [5.74, 6) is 1.32. The zero-order chi connectivity index (χ0) is 18.4. The van der Waals surface area contributed by atoms with E-state index in [0.29, 0.717) is 11.2 Å². The molecule has 1 heteroatoms. The van der Waals surface area contributed by atoms with Gasteiger partial charge < -0.3 is 5.11 Å². The van der Waals surface area contributed by atoms with Crippen LogP contribution in [-0.4, -0.2) is 5.11 Å². The fourth-order valence-corrected chi connectivity index (χ4v) is 3.64. The van der Waals surface area contributed by atoms with Gasteiger partial charge in [-0.05, 0) is 72.6 Å². The third kappa shape index (κ3) is 6.23. The second kappa shape index (κ2) is 8.56. The molecule has 1 fully saturated rings. The van der Waals surface area contributed by atoms with Crippen molar-refractivity contribution in [1.29, 1.82) is 0 Å². The minimum atomic E-state index is 0.317. The molecule has 0 heterocycles. The van der Waals surface area contributed by atoms with Gasteiger partial charge in [-0.15, -0.1) is 0 Å². The lowest BCUT2D eigenvalue weighted by Crippen LogP contribution is -2.22. The van der Waals surface area contributed by atoms with E-state index in [9.17, 15) is 5.11 Å². The van der Waals surface area contributed by atoms with Crippen LogP contribution in [0, 0.1) is 11.3 Å². The quantitative estimate of drug-likeness (QED) is 0.568. The number of aromatic hydroxyl groups is 1. The molecule has 1 nitrogen and oxygen atoms in total. The summed E-state index contributed by atoms with van der Waals surface area (Å²) in [6.07, 6.45) is 9.52. The molecule has 0 unspecified atom stereocenters. The Morgan fingerprint density at radius 3 is 2.08 bits per heavy atom. The van der Waals surface area contributed by atoms with Crippen LogP contribution >= 0.6 is 0 Å². The first-order valence-electron chi connectivity index (χ1n) is 9.63. The Morgan fingerprint density at radius 2 is 1.52 bits per heavy atom. The molecule has 1 N–H and O–H groups in total. The van der Waals surface area contributed by atoms with E-state index in [2.05, 4.69) is 52.8 Å². The van der Waals surface area contributed by atoms with Gasteiger partial charge in [-0.3, -0.25) is 0 Å². The van der Waals surface area contributed by atoms with Gasteiger partial charge in [0, 0.05) is 0 Å². The largest absolute Gasteiger partial charge is 0.508 e. The highest BCUT2D eigenvalue weighted by molar-refractivity contribution is 5.86. The minimum absolute atomic E-state index is 0.317. The van der Waals surface area contributed by atoms with Crippen molar-refractivity contribution in [3.05, 3.63) is 47.5 Å². The average Bonchev–Trinajstić information content (AvgIpc) is 2.55. The van der Waals surface area contributed by atoms with Crippen LogP contribution < -0.4 is 0 Å². The molecule has 0 amide bonds. The molecule has 1 aliphatic rings. The molecule has 0 aromatic heterocycles. The third-order valence-corrected chi connectivity index (χ3v) is 5.13. The van der Waals surface area contributed by atoms with Crippen molar-refractivity contribution < 1.29 is 5.11 Å². The summed E-state index contributed by atoms with van der Waals surface area (Å²) >= 11 is 0. The van der Waals surface area contributed by atoms with Gasteiger partial charge in [0.15, 0.2) is 0 Å². The van der Waals surface area contributed by atoms with Gasteiger partial charge in [-0.2, -0.15) is 0 Å². The predicted octanol–water partition coefficient (Wildman–Crippen LogP) is 7.58. The smallest absolute Gasteiger partial charge is 0.116 e. The van der Waals surface area contributed by atoms with E-state index >= 15 is 0 Å². The molecule has 0 aliphatic heterocycles. The Hall–Kier alpha value is -1.76. The normalized spacial score (nSPS) is 15.4. The summed E-state index contributed by atoms with van der Waals surface area (Å²) < 4.78 is 0. The predicted molar refractivity (Wildman–Crippen MR) is 111 cm³/mol. The fraction of sp³-hybridized carbons (Fsp3) is 0.500. The highest BCUT2D eigenvalue weighted by Gasteiger charge is 2.25. The second-order valence-corrected chi connectivity index (χ2v) is 8.71. The number of benzene rings is 2. The maximum Gasteiger partial charge on any atom is 0.116 e. The molecule has 136 valence electrons. The number of allylic oxidation sites excluding steroid dienone is 1. The molecule has 25 heavy (non-hydrogen) atoms. The molecular weight excluding hydrogens is 304 g/mol. The zero-order valence-corrected chi connectivity index (χ0v) is 16.6. The van der Waals surface area contributed by atoms with E-state index in [1.165, 1.54) is 43.2 Å². The third-order valence-electron chi connectivity index (χ3n) is 5.13. The van der Waals surface area contributed by atoms with Gasteiger partial charge in [0.25, 0.3) is 0 Å². The first-order chi connectivity index (χ1) is 11.8. The number of rotatable bonds is 1. The van der Waals surface area contributed by atoms with E-state index in [1.54, 1.807) is 12.1 Å². The molecule has 2 aromatic rings. The minimum Gasteiger partial charge on any atom is -0.508 e. The molecule has 0 spiro atoms. The number of hydrogen-bond acceptors (Lipinski definition) is 1. The Labute approximate surface area is 153 Å². The molecule has 0 atom stereocenters. The summed E-state index contributed by atoms with van der Waals surface area (Å²) in [5, 5.41) is 11.6. The van der Waals surface area contributed by atoms with E-state index < -0.39 is 0 Å². The standard InChI is InChI=1S/C14H14O.C10H20/c1-10(2)7-11-3-4-13-9-14(15)6-5-12(13)8-11;1-10(2,3)9-7-5-4-6-8-9/h3-9,15H,1-2H3;9H,4-8H2,1-3H3. The van der Waals surface area contributed by atoms with E-state index in [0.717, 1.165) is 16.7 Å². The van der Waals surface area contributed by atoms with Gasteiger partial charge in [0.1, 0.15) is 5.75 Å². The van der Waals surface area contributed by atoms with Crippen LogP contribution in [0.5, 0.6) is 5.75 Å². The molecule has 1 aliphatic carbocycles. The Bertz CT molecular complexity index is 708. The van der Waals surface area contributed by atoms with Crippen molar-refractivity contribution in [2.45, 2.75) is 66.7 Å². The van der Waals surface area contributed by atoms with Crippen molar-refractivity contribution in [2.24, 2.45) is 11.3 Å². The summed E-state index contributed by atoms with van der Waals surface area (Å²) in [4.78, 5) is 0. The lowest BCUT2D eigenvalue weighted by atomic mass is 9.72. The molecule has 0 saturated heterocycles. The van der Waals surface area contributed by atoms with Crippen LogP contribution in [0.3, 0.4) is 0 Å². The molecule has 0 bridgehead atoms. The fourth-order valence-electron chi connectivity index (χ4n) is 3.64. The van der Waals surface area contributed by atoms with Crippen LogP contribution in [-0.2, 0) is 0 Å². The first-order valence-corrected chi connectivity index (χ1v) is 9.63. The van der Waals surface area contributed by atoms with Crippen molar-refractivity contribution in [3.63, 3.8) is 0 Å². The monoisotopic (exact) mass is 338 g/mol. The number of phenols is 1. The summed E-state index contributed by atoms with van der Waals surface area (Å²) in [6, 6.07) is 11.7. The van der Waals surface area contributed by atoms with Crippen LogP contribution in [0.1, 0.15) is 72.3 Å². The van der Waals surface area contributed by atoms with Crippen molar-refractivity contribution in [2.75, 3.05) is 0 Å². The summed E-state index contributed by atoms with van der Waals surface area (Å²) in [5.41, 5.74) is 3.06. The summed E-state index contributed by atoms with van der Waals surface area (Å²) in [6.45, 7) is 11.3. The molecular formula is C24H34O. The van der Waals surface area contributed by atoms with Crippen LogP contribution in [0.2, 0.25) is 0 Å². The van der Waals surface area contributed by atoms with Crippen molar-refractivity contribution >= 4 is 16.8 Å². The van der Waals surface area contributed by atoms with Gasteiger partial charge >= 0.3 is 0 Å². The zero-order valence-electron chi connectivity index (χ0n) is 16.6. The Balaban J connectivity index is 0.000000196. The SMILES string of the molecule is CC(C)(C)C1CCCCC1.CC(C)=Cc1ccc2cc(O)ccc2c1. The molecule has 0 radical (unpaired) electrons.